The number of nitrogens with zero attached hydrogens (tertiary/aromatic N) is 1. The Kier molecular flexibility index (Phi) is 11.6. The van der Waals surface area contributed by atoms with Crippen LogP contribution in [0, 0.1) is 0 Å². The molecule has 0 saturated heterocycles. The van der Waals surface area contributed by atoms with Crippen LogP contribution in [-0.2, 0) is 10.8 Å². The molecule has 2 aromatic carbocycles. The normalized spacial score (nSPS) is 11.9. The first-order valence-electron chi connectivity index (χ1n) is 8.97. The molecule has 6 nitrogen and oxygen atoms in total. The van der Waals surface area contributed by atoms with Gasteiger partial charge in [-0.25, -0.2) is 0 Å². The van der Waals surface area contributed by atoms with E-state index in [0.717, 1.165) is 17.1 Å². The van der Waals surface area contributed by atoms with Gasteiger partial charge < -0.3 is 20.1 Å². The average Bonchev–Trinajstić information content (AvgIpc) is 2.70. The fourth-order valence-corrected chi connectivity index (χ4v) is 3.35. The van der Waals surface area contributed by atoms with Crippen LogP contribution in [0.4, 0.5) is 5.69 Å². The second-order valence-electron chi connectivity index (χ2n) is 5.55. The van der Waals surface area contributed by atoms with Gasteiger partial charge in [-0.2, -0.15) is 0 Å². The van der Waals surface area contributed by atoms with Crippen molar-refractivity contribution in [2.75, 3.05) is 37.9 Å². The molecule has 0 amide bonds. The lowest BCUT2D eigenvalue weighted by Crippen LogP contribution is -2.31. The molecule has 8 heteroatoms. The monoisotopic (exact) mass is 517 g/mol. The van der Waals surface area contributed by atoms with Crippen molar-refractivity contribution < 1.29 is 13.7 Å². The van der Waals surface area contributed by atoms with Crippen LogP contribution in [-0.4, -0.2) is 42.7 Å². The van der Waals surface area contributed by atoms with Crippen LogP contribution in [0.2, 0.25) is 0 Å². The number of hydrogen-bond acceptors (Lipinski definition) is 4. The van der Waals surface area contributed by atoms with Crippen LogP contribution < -0.4 is 20.1 Å². The molecule has 2 aromatic rings. The van der Waals surface area contributed by atoms with Gasteiger partial charge in [0.15, 0.2) is 17.5 Å². The first kappa shape index (κ1) is 24.2. The lowest BCUT2D eigenvalue weighted by molar-refractivity contribution is 0.311. The summed E-state index contributed by atoms with van der Waals surface area (Å²) in [6, 6.07) is 15.1. The van der Waals surface area contributed by atoms with Crippen molar-refractivity contribution in [3.63, 3.8) is 0 Å². The third kappa shape index (κ3) is 7.67. The zero-order valence-electron chi connectivity index (χ0n) is 16.4. The van der Waals surface area contributed by atoms with Gasteiger partial charge >= 0.3 is 0 Å². The Morgan fingerprint density at radius 1 is 1.11 bits per heavy atom. The van der Waals surface area contributed by atoms with Crippen molar-refractivity contribution in [1.29, 1.82) is 0 Å². The predicted octanol–water partition coefficient (Wildman–Crippen LogP) is 3.90. The van der Waals surface area contributed by atoms with Gasteiger partial charge in [-0.15, -0.1) is 24.0 Å². The Bertz CT molecular complexity index is 773. The minimum atomic E-state index is -1.06. The Morgan fingerprint density at radius 2 is 1.86 bits per heavy atom. The highest BCUT2D eigenvalue weighted by Gasteiger charge is 2.07. The number of rotatable bonds is 9. The van der Waals surface area contributed by atoms with E-state index >= 15 is 0 Å². The van der Waals surface area contributed by atoms with E-state index in [-0.39, 0.29) is 24.0 Å². The van der Waals surface area contributed by atoms with E-state index in [1.54, 1.807) is 7.11 Å². The highest BCUT2D eigenvalue weighted by atomic mass is 127. The van der Waals surface area contributed by atoms with Gasteiger partial charge in [0.2, 0.25) is 0 Å². The summed E-state index contributed by atoms with van der Waals surface area (Å²) in [6.07, 6.45) is 0. The smallest absolute Gasteiger partial charge is 0.195 e. The van der Waals surface area contributed by atoms with Gasteiger partial charge in [-0.3, -0.25) is 9.20 Å². The average molecular weight is 517 g/mol. The van der Waals surface area contributed by atoms with Gasteiger partial charge in [0.05, 0.1) is 31.1 Å². The second kappa shape index (κ2) is 13.4. The molecule has 1 atom stereocenters. The summed E-state index contributed by atoms with van der Waals surface area (Å²) in [4.78, 5) is 5.34. The molecule has 0 spiro atoms. The Morgan fingerprint density at radius 3 is 2.50 bits per heavy atom. The van der Waals surface area contributed by atoms with E-state index in [1.165, 1.54) is 0 Å². The molecule has 154 valence electrons. The van der Waals surface area contributed by atoms with Crippen molar-refractivity contribution in [1.82, 2.24) is 5.32 Å². The van der Waals surface area contributed by atoms with Gasteiger partial charge in [-0.1, -0.05) is 18.2 Å². The number of ether oxygens (including phenoxy) is 2. The topological polar surface area (TPSA) is 72.0 Å². The molecule has 0 bridgehead atoms. The van der Waals surface area contributed by atoms with E-state index in [4.69, 9.17) is 9.47 Å². The van der Waals surface area contributed by atoms with Gasteiger partial charge in [0.25, 0.3) is 0 Å². The number of nitrogens with one attached hydrogen (secondary N) is 2. The fourth-order valence-electron chi connectivity index (χ4n) is 2.39. The first-order valence-corrected chi connectivity index (χ1v) is 10.3. The lowest BCUT2D eigenvalue weighted by atomic mass is 10.2. The van der Waals surface area contributed by atoms with E-state index in [2.05, 4.69) is 15.6 Å². The summed E-state index contributed by atoms with van der Waals surface area (Å²) < 4.78 is 23.2. The van der Waals surface area contributed by atoms with Crippen LogP contribution in [0.15, 0.2) is 58.4 Å². The molecule has 0 aliphatic carbocycles. The number of hydrogen-bond donors (Lipinski definition) is 2. The summed E-state index contributed by atoms with van der Waals surface area (Å²) in [5.41, 5.74) is 0.833. The highest BCUT2D eigenvalue weighted by Crippen LogP contribution is 2.30. The lowest BCUT2D eigenvalue weighted by Gasteiger charge is -2.14. The summed E-state index contributed by atoms with van der Waals surface area (Å²) >= 11 is 0. The van der Waals surface area contributed by atoms with Crippen molar-refractivity contribution >= 4 is 46.4 Å². The molecule has 28 heavy (non-hydrogen) atoms. The van der Waals surface area contributed by atoms with Crippen LogP contribution in [0.5, 0.6) is 11.5 Å². The maximum absolute atomic E-state index is 12.3. The molecule has 0 aliphatic rings. The Hall–Kier alpha value is -1.81. The highest BCUT2D eigenvalue weighted by molar-refractivity contribution is 14.0. The minimum absolute atomic E-state index is 0. The third-order valence-corrected chi connectivity index (χ3v) is 4.97. The maximum Gasteiger partial charge on any atom is 0.195 e. The Labute approximate surface area is 186 Å². The maximum atomic E-state index is 12.3. The van der Waals surface area contributed by atoms with Crippen LogP contribution in [0.3, 0.4) is 0 Å². The Balaban J connectivity index is 0.00000392. The van der Waals surface area contributed by atoms with E-state index in [9.17, 15) is 4.21 Å². The number of guanidine groups is 1. The van der Waals surface area contributed by atoms with Crippen molar-refractivity contribution in [2.45, 2.75) is 18.7 Å². The second-order valence-corrected chi connectivity index (χ2v) is 7.12. The molecule has 0 saturated carbocycles. The molecule has 0 radical (unpaired) electrons. The molecule has 0 aromatic heterocycles. The number of anilines is 1. The molecule has 1 unspecified atom stereocenters. The fraction of sp³-hybridized carbons (Fsp3) is 0.350. The van der Waals surface area contributed by atoms with Crippen LogP contribution in [0.1, 0.15) is 13.8 Å². The van der Waals surface area contributed by atoms with Crippen molar-refractivity contribution in [3.8, 4) is 11.5 Å². The van der Waals surface area contributed by atoms with Gasteiger partial charge in [0.1, 0.15) is 0 Å². The summed E-state index contributed by atoms with van der Waals surface area (Å²) in [5.74, 6) is 2.45. The zero-order valence-corrected chi connectivity index (χ0v) is 19.6. The molecule has 2 rings (SSSR count). The summed E-state index contributed by atoms with van der Waals surface area (Å²) in [7, 11) is 0.551. The van der Waals surface area contributed by atoms with E-state index in [1.807, 2.05) is 62.4 Å². The number of aliphatic imine (C=N–C) groups is 1. The third-order valence-electron chi connectivity index (χ3n) is 3.62. The standard InChI is InChI=1S/C20H27N3O3S.HI/c1-4-21-20(22-13-14-27(24)17-9-7-6-8-10-17)23-16-11-12-18(26-5-2)19(15-16)25-3;/h6-12,15H,4-5,13-14H2,1-3H3,(H2,21,22,23);1H. The molecular weight excluding hydrogens is 489 g/mol. The van der Waals surface area contributed by atoms with Crippen molar-refractivity contribution in [2.24, 2.45) is 4.99 Å². The molecule has 2 N–H and O–H groups in total. The van der Waals surface area contributed by atoms with Gasteiger partial charge in [0, 0.05) is 28.9 Å². The zero-order chi connectivity index (χ0) is 19.5. The van der Waals surface area contributed by atoms with Crippen LogP contribution >= 0.6 is 24.0 Å². The number of benzene rings is 2. The SMILES string of the molecule is CCNC(=NCCS(=O)c1ccccc1)Nc1ccc(OCC)c(OC)c1.I. The van der Waals surface area contributed by atoms with Crippen molar-refractivity contribution in [3.05, 3.63) is 48.5 Å². The first-order chi connectivity index (χ1) is 13.2. The predicted molar refractivity (Wildman–Crippen MR) is 127 cm³/mol. The summed E-state index contributed by atoms with van der Waals surface area (Å²) in [6.45, 7) is 5.68. The molecular formula is C20H28IN3O3S. The van der Waals surface area contributed by atoms with E-state index < -0.39 is 10.8 Å². The molecule has 0 heterocycles. The van der Waals surface area contributed by atoms with Crippen LogP contribution in [0.25, 0.3) is 0 Å². The quantitative estimate of drug-likeness (QED) is 0.300. The van der Waals surface area contributed by atoms with E-state index in [0.29, 0.717) is 36.4 Å². The molecule has 0 fully saturated rings. The number of halogens is 1. The number of methoxy groups -OCH3 is 1. The molecule has 0 aliphatic heterocycles. The largest absolute Gasteiger partial charge is 0.493 e. The minimum Gasteiger partial charge on any atom is -0.493 e. The summed E-state index contributed by atoms with van der Waals surface area (Å²) in [5, 5.41) is 6.43. The van der Waals surface area contributed by atoms with Gasteiger partial charge in [-0.05, 0) is 38.1 Å².